The molecule has 4 aromatic carbocycles. The van der Waals surface area contributed by atoms with Crippen molar-refractivity contribution in [3.8, 4) is 11.5 Å². The molecule has 1 aliphatic rings. The number of nitrogens with one attached hydrogen (secondary N) is 1. The summed E-state index contributed by atoms with van der Waals surface area (Å²) in [5.74, 6) is 1.98. The van der Waals surface area contributed by atoms with Crippen LogP contribution in [0.4, 0.5) is 0 Å². The molecule has 3 N–H and O–H groups in total. The molecular formula is C34H34IN3O3. The van der Waals surface area contributed by atoms with Gasteiger partial charge in [0.05, 0.1) is 0 Å². The fourth-order valence-electron chi connectivity index (χ4n) is 5.14. The van der Waals surface area contributed by atoms with Gasteiger partial charge in [0.15, 0.2) is 0 Å². The van der Waals surface area contributed by atoms with Crippen LogP contribution < -0.4 is 15.8 Å². The van der Waals surface area contributed by atoms with Gasteiger partial charge in [0.1, 0.15) is 11.5 Å². The van der Waals surface area contributed by atoms with Gasteiger partial charge in [-0.05, 0) is 113 Å². The van der Waals surface area contributed by atoms with E-state index in [0.29, 0.717) is 18.0 Å². The summed E-state index contributed by atoms with van der Waals surface area (Å²) in [5.41, 5.74) is 9.92. The van der Waals surface area contributed by atoms with Crippen molar-refractivity contribution in [3.63, 3.8) is 0 Å². The Kier molecular flexibility index (Phi) is 9.69. The Morgan fingerprint density at radius 1 is 0.854 bits per heavy atom. The van der Waals surface area contributed by atoms with E-state index >= 15 is 0 Å². The molecule has 1 saturated heterocycles. The predicted molar refractivity (Wildman–Crippen MR) is 170 cm³/mol. The number of benzene rings is 4. The molecule has 1 heterocycles. The van der Waals surface area contributed by atoms with Crippen LogP contribution in [0.25, 0.3) is 0 Å². The number of nitrogens with two attached hydrogens (primary N) is 1. The zero-order chi connectivity index (χ0) is 28.6. The third-order valence-electron chi connectivity index (χ3n) is 7.52. The Morgan fingerprint density at radius 3 is 2.22 bits per heavy atom. The Labute approximate surface area is 255 Å². The minimum absolute atomic E-state index is 0.105. The third kappa shape index (κ3) is 7.95. The van der Waals surface area contributed by atoms with E-state index in [-0.39, 0.29) is 17.9 Å². The quantitative estimate of drug-likeness (QED) is 0.191. The Hall–Kier alpha value is -3.69. The number of nitrogens with zero attached hydrogens (tertiary/aromatic N) is 1. The summed E-state index contributed by atoms with van der Waals surface area (Å²) < 4.78 is 6.89. The van der Waals surface area contributed by atoms with Crippen molar-refractivity contribution in [2.45, 2.75) is 31.8 Å². The SMILES string of the molecule is NC(CC1CCN(C(=O)c2cccc(I)c2)CC1)c1ccc(C(=O)NCc2ccc(Oc3ccccc3)cc2)cc1. The fraction of sp³-hybridized carbons (Fsp3) is 0.235. The number of amides is 2. The van der Waals surface area contributed by atoms with Crippen molar-refractivity contribution in [3.05, 3.63) is 129 Å². The molecule has 1 aliphatic heterocycles. The van der Waals surface area contributed by atoms with Crippen LogP contribution in [0.5, 0.6) is 11.5 Å². The van der Waals surface area contributed by atoms with Crippen LogP contribution in [0.15, 0.2) is 103 Å². The molecule has 1 unspecified atom stereocenters. The van der Waals surface area contributed by atoms with Crippen LogP contribution in [-0.4, -0.2) is 29.8 Å². The maximum Gasteiger partial charge on any atom is 0.253 e. The fourth-order valence-corrected chi connectivity index (χ4v) is 5.68. The molecule has 0 aliphatic carbocycles. The van der Waals surface area contributed by atoms with Gasteiger partial charge in [0.25, 0.3) is 11.8 Å². The number of hydrogen-bond donors (Lipinski definition) is 2. The molecule has 0 radical (unpaired) electrons. The molecule has 0 saturated carbocycles. The number of carbonyl (C=O) groups is 2. The summed E-state index contributed by atoms with van der Waals surface area (Å²) in [7, 11) is 0. The highest BCUT2D eigenvalue weighted by Gasteiger charge is 2.25. The van der Waals surface area contributed by atoms with Gasteiger partial charge in [-0.1, -0.05) is 48.5 Å². The second kappa shape index (κ2) is 13.8. The molecular weight excluding hydrogens is 625 g/mol. The average molecular weight is 660 g/mol. The molecule has 2 amide bonds. The molecule has 4 aromatic rings. The van der Waals surface area contributed by atoms with Crippen molar-refractivity contribution in [1.29, 1.82) is 0 Å². The second-order valence-electron chi connectivity index (χ2n) is 10.5. The first kappa shape index (κ1) is 28.8. The summed E-state index contributed by atoms with van der Waals surface area (Å²) in [6.45, 7) is 1.93. The highest BCUT2D eigenvalue weighted by molar-refractivity contribution is 14.1. The van der Waals surface area contributed by atoms with E-state index in [4.69, 9.17) is 10.5 Å². The first-order valence-electron chi connectivity index (χ1n) is 13.9. The Morgan fingerprint density at radius 2 is 1.54 bits per heavy atom. The number of halogens is 1. The summed E-state index contributed by atoms with van der Waals surface area (Å²) in [5, 5.41) is 2.98. The van der Waals surface area contributed by atoms with Crippen molar-refractivity contribution < 1.29 is 14.3 Å². The summed E-state index contributed by atoms with van der Waals surface area (Å²) in [6.07, 6.45) is 2.76. The maximum absolute atomic E-state index is 12.9. The molecule has 1 atom stereocenters. The van der Waals surface area contributed by atoms with Gasteiger partial charge in [-0.2, -0.15) is 0 Å². The van der Waals surface area contributed by atoms with Gasteiger partial charge in [-0.3, -0.25) is 9.59 Å². The molecule has 41 heavy (non-hydrogen) atoms. The zero-order valence-corrected chi connectivity index (χ0v) is 25.0. The van der Waals surface area contributed by atoms with Gasteiger partial charge >= 0.3 is 0 Å². The zero-order valence-electron chi connectivity index (χ0n) is 22.8. The molecule has 7 heteroatoms. The molecule has 5 rings (SSSR count). The molecule has 0 bridgehead atoms. The Bertz CT molecular complexity index is 1450. The maximum atomic E-state index is 12.9. The molecule has 0 spiro atoms. The number of likely N-dealkylation sites (tertiary alicyclic amines) is 1. The van der Waals surface area contributed by atoms with Crippen LogP contribution in [0, 0.1) is 9.49 Å². The van der Waals surface area contributed by atoms with E-state index in [1.54, 1.807) is 0 Å². The highest BCUT2D eigenvalue weighted by atomic mass is 127. The van der Waals surface area contributed by atoms with Gasteiger partial charge in [-0.15, -0.1) is 0 Å². The standard InChI is InChI=1S/C34H34IN3O3/c35-29-6-4-5-28(22-29)34(40)38-19-17-24(18-20-38)21-32(36)26-11-13-27(14-12-26)33(39)37-23-25-9-15-31(16-10-25)41-30-7-2-1-3-8-30/h1-16,22,24,32H,17-21,23,36H2,(H,37,39). The number of hydrogen-bond acceptors (Lipinski definition) is 4. The number of para-hydroxylation sites is 1. The van der Waals surface area contributed by atoms with Crippen molar-refractivity contribution in [1.82, 2.24) is 10.2 Å². The number of piperidine rings is 1. The Balaban J connectivity index is 1.06. The van der Waals surface area contributed by atoms with Crippen molar-refractivity contribution in [2.24, 2.45) is 11.7 Å². The number of carbonyl (C=O) groups excluding carboxylic acids is 2. The number of ether oxygens (including phenoxy) is 1. The van der Waals surface area contributed by atoms with Crippen LogP contribution in [0.3, 0.4) is 0 Å². The van der Waals surface area contributed by atoms with Crippen molar-refractivity contribution in [2.75, 3.05) is 13.1 Å². The minimum atomic E-state index is -0.125. The van der Waals surface area contributed by atoms with Crippen LogP contribution in [0.1, 0.15) is 57.1 Å². The molecule has 210 valence electrons. The van der Waals surface area contributed by atoms with E-state index in [0.717, 1.165) is 64.1 Å². The summed E-state index contributed by atoms with van der Waals surface area (Å²) >= 11 is 2.24. The highest BCUT2D eigenvalue weighted by Crippen LogP contribution is 2.28. The van der Waals surface area contributed by atoms with Gasteiger partial charge in [-0.25, -0.2) is 0 Å². The smallest absolute Gasteiger partial charge is 0.253 e. The van der Waals surface area contributed by atoms with Gasteiger partial charge < -0.3 is 20.7 Å². The lowest BCUT2D eigenvalue weighted by Gasteiger charge is -2.33. The van der Waals surface area contributed by atoms with Crippen LogP contribution >= 0.6 is 22.6 Å². The van der Waals surface area contributed by atoms with Crippen LogP contribution in [-0.2, 0) is 6.54 Å². The first-order chi connectivity index (χ1) is 19.9. The monoisotopic (exact) mass is 659 g/mol. The van der Waals surface area contributed by atoms with Crippen LogP contribution in [0.2, 0.25) is 0 Å². The van der Waals surface area contributed by atoms with E-state index in [1.165, 1.54) is 0 Å². The molecule has 0 aromatic heterocycles. The summed E-state index contributed by atoms with van der Waals surface area (Å²) in [6, 6.07) is 32.5. The molecule has 6 nitrogen and oxygen atoms in total. The largest absolute Gasteiger partial charge is 0.457 e. The van der Waals surface area contributed by atoms with Gasteiger partial charge in [0, 0.05) is 40.4 Å². The van der Waals surface area contributed by atoms with E-state index in [9.17, 15) is 9.59 Å². The lowest BCUT2D eigenvalue weighted by atomic mass is 9.87. The normalized spacial score (nSPS) is 14.3. The lowest BCUT2D eigenvalue weighted by Crippen LogP contribution is -2.39. The van der Waals surface area contributed by atoms with Gasteiger partial charge in [0.2, 0.25) is 0 Å². The van der Waals surface area contributed by atoms with E-state index in [1.807, 2.05) is 108 Å². The minimum Gasteiger partial charge on any atom is -0.457 e. The summed E-state index contributed by atoms with van der Waals surface area (Å²) in [4.78, 5) is 27.5. The first-order valence-corrected chi connectivity index (χ1v) is 15.0. The average Bonchev–Trinajstić information content (AvgIpc) is 3.01. The predicted octanol–water partition coefficient (Wildman–Crippen LogP) is 6.96. The molecule has 1 fully saturated rings. The third-order valence-corrected chi connectivity index (χ3v) is 8.19. The topological polar surface area (TPSA) is 84.7 Å². The number of rotatable bonds is 9. The van der Waals surface area contributed by atoms with E-state index in [2.05, 4.69) is 27.9 Å². The van der Waals surface area contributed by atoms with Crippen molar-refractivity contribution >= 4 is 34.4 Å². The van der Waals surface area contributed by atoms with E-state index < -0.39 is 0 Å². The lowest BCUT2D eigenvalue weighted by molar-refractivity contribution is 0.0683. The second-order valence-corrected chi connectivity index (χ2v) is 11.7.